The number of nitrogens with one attached hydrogen (secondary N) is 1. The topological polar surface area (TPSA) is 99.6 Å². The van der Waals surface area contributed by atoms with Crippen LogP contribution in [-0.2, 0) is 0 Å². The number of carboxylic acids is 1. The molecule has 3 rings (SSSR count). The first-order valence-corrected chi connectivity index (χ1v) is 6.89. The van der Waals surface area contributed by atoms with Crippen molar-refractivity contribution in [3.63, 3.8) is 0 Å². The van der Waals surface area contributed by atoms with Crippen molar-refractivity contribution in [1.29, 1.82) is 0 Å². The van der Waals surface area contributed by atoms with E-state index >= 15 is 0 Å². The molecule has 3 N–H and O–H groups in total. The smallest absolute Gasteiger partial charge is 0.341 e. The number of hydrogen-bond acceptors (Lipinski definition) is 4. The zero-order valence-corrected chi connectivity index (χ0v) is 11.6. The number of hydrogen-bond donors (Lipinski definition) is 3. The van der Waals surface area contributed by atoms with Gasteiger partial charge in [-0.05, 0) is 24.8 Å². The predicted octanol–water partition coefficient (Wildman–Crippen LogP) is 1.61. The Morgan fingerprint density at radius 3 is 2.77 bits per heavy atom. The molecule has 1 aromatic carbocycles. The number of carbonyl (C=O) groups is 1. The SMILES string of the molecule is O=C(O)c1c[nH]c2c(C3CC3)c(OCCO)c(F)cc2c1=O. The number of pyridine rings is 1. The van der Waals surface area contributed by atoms with Crippen molar-refractivity contribution < 1.29 is 24.1 Å². The van der Waals surface area contributed by atoms with E-state index in [0.29, 0.717) is 11.1 Å². The molecule has 1 aromatic heterocycles. The number of rotatable bonds is 5. The summed E-state index contributed by atoms with van der Waals surface area (Å²) in [6, 6.07) is 0.985. The van der Waals surface area contributed by atoms with Gasteiger partial charge >= 0.3 is 5.97 Å². The van der Waals surface area contributed by atoms with Crippen LogP contribution in [0.5, 0.6) is 5.75 Å². The lowest BCUT2D eigenvalue weighted by Gasteiger charge is -2.14. The van der Waals surface area contributed by atoms with Crippen molar-refractivity contribution >= 4 is 16.9 Å². The van der Waals surface area contributed by atoms with Gasteiger partial charge in [-0.25, -0.2) is 9.18 Å². The molecular weight excluding hydrogens is 293 g/mol. The summed E-state index contributed by atoms with van der Waals surface area (Å²) in [6.45, 7) is -0.310. The molecule has 0 aliphatic heterocycles. The average Bonchev–Trinajstić information content (AvgIpc) is 3.30. The second-order valence-corrected chi connectivity index (χ2v) is 5.21. The van der Waals surface area contributed by atoms with Crippen molar-refractivity contribution in [2.24, 2.45) is 0 Å². The maximum Gasteiger partial charge on any atom is 0.341 e. The van der Waals surface area contributed by atoms with Gasteiger partial charge in [0, 0.05) is 17.1 Å². The largest absolute Gasteiger partial charge is 0.488 e. The van der Waals surface area contributed by atoms with Crippen LogP contribution in [0.15, 0.2) is 17.1 Å². The van der Waals surface area contributed by atoms with E-state index in [1.807, 2.05) is 0 Å². The highest BCUT2D eigenvalue weighted by molar-refractivity contribution is 5.94. The highest BCUT2D eigenvalue weighted by Gasteiger charge is 2.32. The summed E-state index contributed by atoms with van der Waals surface area (Å²) in [5, 5.41) is 17.8. The van der Waals surface area contributed by atoms with Gasteiger partial charge in [-0.2, -0.15) is 0 Å². The van der Waals surface area contributed by atoms with Crippen LogP contribution in [0.2, 0.25) is 0 Å². The van der Waals surface area contributed by atoms with Gasteiger partial charge in [0.1, 0.15) is 12.2 Å². The lowest BCUT2D eigenvalue weighted by Crippen LogP contribution is -2.17. The van der Waals surface area contributed by atoms with E-state index in [2.05, 4.69) is 4.98 Å². The number of benzene rings is 1. The number of fused-ring (bicyclic) bond motifs is 1. The van der Waals surface area contributed by atoms with Crippen molar-refractivity contribution in [2.75, 3.05) is 13.2 Å². The molecule has 0 bridgehead atoms. The molecule has 0 unspecified atom stereocenters. The van der Waals surface area contributed by atoms with Crippen LogP contribution >= 0.6 is 0 Å². The van der Waals surface area contributed by atoms with Crippen LogP contribution < -0.4 is 10.2 Å². The van der Waals surface area contributed by atoms with Gasteiger partial charge in [0.2, 0.25) is 5.43 Å². The molecule has 0 spiro atoms. The molecule has 22 heavy (non-hydrogen) atoms. The lowest BCUT2D eigenvalue weighted by molar-refractivity contribution is 0.0695. The van der Waals surface area contributed by atoms with E-state index in [0.717, 1.165) is 25.1 Å². The highest BCUT2D eigenvalue weighted by atomic mass is 19.1. The van der Waals surface area contributed by atoms with Crippen molar-refractivity contribution in [3.05, 3.63) is 39.4 Å². The number of H-pyrrole nitrogens is 1. The Morgan fingerprint density at radius 1 is 1.45 bits per heavy atom. The maximum absolute atomic E-state index is 14.3. The third kappa shape index (κ3) is 2.33. The molecule has 1 saturated carbocycles. The van der Waals surface area contributed by atoms with Crippen LogP contribution in [0, 0.1) is 5.82 Å². The Labute approximate surface area is 124 Å². The van der Waals surface area contributed by atoms with Gasteiger partial charge in [-0.15, -0.1) is 0 Å². The van der Waals surface area contributed by atoms with Crippen LogP contribution in [0.25, 0.3) is 10.9 Å². The molecule has 0 saturated heterocycles. The quantitative estimate of drug-likeness (QED) is 0.779. The molecule has 116 valence electrons. The molecule has 2 aromatic rings. The fourth-order valence-corrected chi connectivity index (χ4v) is 2.56. The molecule has 1 aliphatic carbocycles. The Balaban J connectivity index is 2.29. The molecule has 1 fully saturated rings. The zero-order chi connectivity index (χ0) is 15.9. The van der Waals surface area contributed by atoms with Gasteiger partial charge in [-0.1, -0.05) is 0 Å². The fraction of sp³-hybridized carbons (Fsp3) is 0.333. The monoisotopic (exact) mass is 307 g/mol. The van der Waals surface area contributed by atoms with Crippen LogP contribution in [0.4, 0.5) is 4.39 Å². The van der Waals surface area contributed by atoms with Gasteiger partial charge in [0.05, 0.1) is 12.1 Å². The number of aliphatic hydroxyl groups is 1. The molecular formula is C15H14FNO5. The van der Waals surface area contributed by atoms with E-state index in [-0.39, 0.29) is 30.3 Å². The summed E-state index contributed by atoms with van der Waals surface area (Å²) in [5.74, 6) is -2.01. The summed E-state index contributed by atoms with van der Waals surface area (Å²) < 4.78 is 19.6. The number of halogens is 1. The number of aromatic carboxylic acids is 1. The fourth-order valence-electron chi connectivity index (χ4n) is 2.56. The summed E-state index contributed by atoms with van der Waals surface area (Å²) >= 11 is 0. The number of aliphatic hydroxyl groups excluding tert-OH is 1. The van der Waals surface area contributed by atoms with Crippen LogP contribution in [0.1, 0.15) is 34.7 Å². The van der Waals surface area contributed by atoms with Gasteiger partial charge in [0.15, 0.2) is 11.6 Å². The van der Waals surface area contributed by atoms with Crippen molar-refractivity contribution in [1.82, 2.24) is 4.98 Å². The number of aromatic nitrogens is 1. The highest BCUT2D eigenvalue weighted by Crippen LogP contribution is 2.47. The van der Waals surface area contributed by atoms with Crippen LogP contribution in [0.3, 0.4) is 0 Å². The summed E-state index contributed by atoms with van der Waals surface area (Å²) in [5.41, 5.74) is -0.224. The van der Waals surface area contributed by atoms with E-state index < -0.39 is 22.8 Å². The van der Waals surface area contributed by atoms with E-state index in [1.54, 1.807) is 0 Å². The number of ether oxygens (including phenoxy) is 1. The van der Waals surface area contributed by atoms with E-state index in [1.165, 1.54) is 0 Å². The first kappa shape index (κ1) is 14.5. The summed E-state index contributed by atoms with van der Waals surface area (Å²) in [4.78, 5) is 26.0. The molecule has 6 nitrogen and oxygen atoms in total. The number of carboxylic acid groups (broad SMARTS) is 1. The summed E-state index contributed by atoms with van der Waals surface area (Å²) in [7, 11) is 0. The minimum Gasteiger partial charge on any atom is -0.488 e. The average molecular weight is 307 g/mol. The Morgan fingerprint density at radius 2 is 2.18 bits per heavy atom. The third-order valence-corrected chi connectivity index (χ3v) is 3.68. The van der Waals surface area contributed by atoms with E-state index in [4.69, 9.17) is 14.9 Å². The molecule has 1 heterocycles. The second-order valence-electron chi connectivity index (χ2n) is 5.21. The standard InChI is InChI=1S/C15H14FNO5/c16-10-5-8-12(17-6-9(13(8)19)15(20)21)11(7-1-2-7)14(10)22-4-3-18/h5-7,18H,1-4H2,(H,17,19)(H,20,21). The molecule has 0 radical (unpaired) electrons. The lowest BCUT2D eigenvalue weighted by atomic mass is 10.0. The first-order valence-electron chi connectivity index (χ1n) is 6.89. The van der Waals surface area contributed by atoms with Crippen LogP contribution in [-0.4, -0.2) is 34.4 Å². The van der Waals surface area contributed by atoms with Gasteiger partial charge < -0.3 is 19.9 Å². The zero-order valence-electron chi connectivity index (χ0n) is 11.6. The Kier molecular flexibility index (Phi) is 3.58. The molecule has 0 atom stereocenters. The Hall–Kier alpha value is -2.41. The molecule has 1 aliphatic rings. The second kappa shape index (κ2) is 5.42. The normalized spacial score (nSPS) is 14.3. The Bertz CT molecular complexity index is 810. The number of aromatic amines is 1. The predicted molar refractivity (Wildman–Crippen MR) is 76.0 cm³/mol. The minimum atomic E-state index is -1.36. The van der Waals surface area contributed by atoms with Crippen molar-refractivity contribution in [3.8, 4) is 5.75 Å². The van der Waals surface area contributed by atoms with Crippen molar-refractivity contribution in [2.45, 2.75) is 18.8 Å². The first-order chi connectivity index (χ1) is 10.5. The minimum absolute atomic E-state index is 0.00403. The molecule has 7 heteroatoms. The van der Waals surface area contributed by atoms with E-state index in [9.17, 15) is 14.0 Å². The molecule has 0 amide bonds. The summed E-state index contributed by atoms with van der Waals surface area (Å²) in [6.07, 6.45) is 2.81. The van der Waals surface area contributed by atoms with Gasteiger partial charge in [0.25, 0.3) is 0 Å². The third-order valence-electron chi connectivity index (χ3n) is 3.68. The maximum atomic E-state index is 14.3. The van der Waals surface area contributed by atoms with Gasteiger partial charge in [-0.3, -0.25) is 4.79 Å².